The van der Waals surface area contributed by atoms with E-state index in [9.17, 15) is 9.65 Å². The molecule has 0 aliphatic heterocycles. The van der Waals surface area contributed by atoms with Crippen LogP contribution in [0.1, 0.15) is 16.1 Å². The average Bonchev–Trinajstić information content (AvgIpc) is 3.07. The molecule has 0 unspecified atom stereocenters. The Kier molecular flexibility index (Phi) is 4.87. The van der Waals surface area contributed by atoms with E-state index in [4.69, 9.17) is 0 Å². The van der Waals surface area contributed by atoms with Crippen LogP contribution in [-0.2, 0) is 0 Å². The van der Waals surface area contributed by atoms with Gasteiger partial charge in [-0.25, -0.2) is 9.37 Å². The molecule has 1 N–H and O–H groups in total. The first-order chi connectivity index (χ1) is 12.1. The lowest BCUT2D eigenvalue weighted by atomic mass is 10.1. The molecule has 6 heteroatoms. The number of hydrogen-bond acceptors (Lipinski definition) is 5. The van der Waals surface area contributed by atoms with Crippen LogP contribution in [0.25, 0.3) is 11.3 Å². The van der Waals surface area contributed by atoms with Crippen LogP contribution in [-0.4, -0.2) is 10.7 Å². The molecule has 0 radical (unpaired) electrons. The van der Waals surface area contributed by atoms with Gasteiger partial charge in [0.15, 0.2) is 10.7 Å². The summed E-state index contributed by atoms with van der Waals surface area (Å²) in [6.07, 6.45) is 0. The number of thiazole rings is 1. The summed E-state index contributed by atoms with van der Waals surface area (Å²) in [5.41, 5.74) is 7.67. The molecule has 3 aromatic rings. The number of halogens is 1. The number of rotatable bonds is 4. The first-order valence-corrected chi connectivity index (χ1v) is 8.47. The SMILES string of the molecule is Cc1ccc(N/N=C(\C#N)c2nc(-c3ccc(F)cc3)cs2)c(C)c1. The molecule has 1 heterocycles. The normalized spacial score (nSPS) is 11.2. The second kappa shape index (κ2) is 7.24. The van der Waals surface area contributed by atoms with Crippen molar-refractivity contribution in [2.24, 2.45) is 5.10 Å². The van der Waals surface area contributed by atoms with Gasteiger partial charge in [0.1, 0.15) is 11.9 Å². The van der Waals surface area contributed by atoms with Gasteiger partial charge in [-0.1, -0.05) is 17.7 Å². The predicted molar refractivity (Wildman–Crippen MR) is 99.2 cm³/mol. The quantitative estimate of drug-likeness (QED) is 0.537. The van der Waals surface area contributed by atoms with Crippen molar-refractivity contribution in [3.05, 3.63) is 69.8 Å². The Morgan fingerprint density at radius 2 is 1.96 bits per heavy atom. The molecule has 3 rings (SSSR count). The second-order valence-electron chi connectivity index (χ2n) is 5.55. The maximum Gasteiger partial charge on any atom is 0.196 e. The standard InChI is InChI=1S/C19H15FN4S/c1-12-3-8-16(13(2)9-12)23-24-17(10-21)19-22-18(11-25-19)14-4-6-15(20)7-5-14/h3-9,11,23H,1-2H3/b24-17+. The number of hydrazone groups is 1. The Morgan fingerprint density at radius 1 is 1.20 bits per heavy atom. The van der Waals surface area contributed by atoms with E-state index in [-0.39, 0.29) is 11.5 Å². The molecule has 0 saturated heterocycles. The lowest BCUT2D eigenvalue weighted by Crippen LogP contribution is -2.02. The topological polar surface area (TPSA) is 61.1 Å². The van der Waals surface area contributed by atoms with E-state index in [1.54, 1.807) is 12.1 Å². The summed E-state index contributed by atoms with van der Waals surface area (Å²) in [5, 5.41) is 15.9. The van der Waals surface area contributed by atoms with E-state index in [2.05, 4.69) is 21.6 Å². The molecule has 4 nitrogen and oxygen atoms in total. The largest absolute Gasteiger partial charge is 0.277 e. The molecule has 1 aromatic heterocycles. The third kappa shape index (κ3) is 3.90. The lowest BCUT2D eigenvalue weighted by molar-refractivity contribution is 0.628. The average molecular weight is 350 g/mol. The lowest BCUT2D eigenvalue weighted by Gasteiger charge is -2.05. The fourth-order valence-corrected chi connectivity index (χ4v) is 3.08. The number of aromatic nitrogens is 1. The van der Waals surface area contributed by atoms with Gasteiger partial charge in [0, 0.05) is 10.9 Å². The molecule has 0 fully saturated rings. The number of nitrogens with zero attached hydrogens (tertiary/aromatic N) is 3. The number of aryl methyl sites for hydroxylation is 2. The van der Waals surface area contributed by atoms with Crippen molar-refractivity contribution >= 4 is 22.7 Å². The van der Waals surface area contributed by atoms with Gasteiger partial charge in [0.05, 0.1) is 11.4 Å². The smallest absolute Gasteiger partial charge is 0.196 e. The van der Waals surface area contributed by atoms with Crippen molar-refractivity contribution < 1.29 is 4.39 Å². The number of nitrogens with one attached hydrogen (secondary N) is 1. The van der Waals surface area contributed by atoms with E-state index in [0.717, 1.165) is 22.4 Å². The van der Waals surface area contributed by atoms with Gasteiger partial charge in [-0.2, -0.15) is 10.4 Å². The summed E-state index contributed by atoms with van der Waals surface area (Å²) >= 11 is 1.32. The number of benzene rings is 2. The molecule has 0 amide bonds. The van der Waals surface area contributed by atoms with E-state index in [1.807, 2.05) is 37.4 Å². The van der Waals surface area contributed by atoms with Crippen molar-refractivity contribution in [3.63, 3.8) is 0 Å². The second-order valence-corrected chi connectivity index (χ2v) is 6.41. The molecule has 25 heavy (non-hydrogen) atoms. The van der Waals surface area contributed by atoms with Gasteiger partial charge in [-0.05, 0) is 49.7 Å². The first kappa shape index (κ1) is 16.8. The van der Waals surface area contributed by atoms with Crippen LogP contribution in [0.4, 0.5) is 10.1 Å². The van der Waals surface area contributed by atoms with Crippen molar-refractivity contribution in [1.82, 2.24) is 4.98 Å². The van der Waals surface area contributed by atoms with Crippen molar-refractivity contribution in [3.8, 4) is 17.3 Å². The van der Waals surface area contributed by atoms with E-state index < -0.39 is 0 Å². The van der Waals surface area contributed by atoms with E-state index in [1.165, 1.54) is 23.5 Å². The Balaban J connectivity index is 1.84. The maximum atomic E-state index is 13.0. The number of anilines is 1. The molecule has 0 aliphatic carbocycles. The number of hydrogen-bond donors (Lipinski definition) is 1. The summed E-state index contributed by atoms with van der Waals surface area (Å²) in [6, 6.07) is 14.1. The molecule has 2 aromatic carbocycles. The van der Waals surface area contributed by atoms with E-state index in [0.29, 0.717) is 10.7 Å². The minimum Gasteiger partial charge on any atom is -0.277 e. The van der Waals surface area contributed by atoms with Gasteiger partial charge < -0.3 is 0 Å². The molecule has 124 valence electrons. The molecule has 0 saturated carbocycles. The molecular weight excluding hydrogens is 335 g/mol. The van der Waals surface area contributed by atoms with E-state index >= 15 is 0 Å². The van der Waals surface area contributed by atoms with Crippen molar-refractivity contribution in [2.45, 2.75) is 13.8 Å². The minimum absolute atomic E-state index is 0.207. The monoisotopic (exact) mass is 350 g/mol. The Labute approximate surface area is 149 Å². The van der Waals surface area contributed by atoms with Crippen LogP contribution >= 0.6 is 11.3 Å². The van der Waals surface area contributed by atoms with Crippen molar-refractivity contribution in [1.29, 1.82) is 5.26 Å². The third-order valence-corrected chi connectivity index (χ3v) is 4.47. The Bertz CT molecular complexity index is 968. The molecule has 0 atom stereocenters. The van der Waals surface area contributed by atoms with Crippen LogP contribution in [0.5, 0.6) is 0 Å². The van der Waals surface area contributed by atoms with Gasteiger partial charge >= 0.3 is 0 Å². The fourth-order valence-electron chi connectivity index (χ4n) is 2.31. The molecule has 0 aliphatic rings. The summed E-state index contributed by atoms with van der Waals surface area (Å²) in [6.45, 7) is 4.00. The maximum absolute atomic E-state index is 13.0. The van der Waals surface area contributed by atoms with Crippen LogP contribution in [0, 0.1) is 31.0 Å². The van der Waals surface area contributed by atoms with Gasteiger partial charge in [0.25, 0.3) is 0 Å². The van der Waals surface area contributed by atoms with Crippen LogP contribution in [0.3, 0.4) is 0 Å². The molecular formula is C19H15FN4S. The zero-order chi connectivity index (χ0) is 17.8. The highest BCUT2D eigenvalue weighted by atomic mass is 32.1. The zero-order valence-corrected chi connectivity index (χ0v) is 14.6. The van der Waals surface area contributed by atoms with Crippen molar-refractivity contribution in [2.75, 3.05) is 5.43 Å². The summed E-state index contributed by atoms with van der Waals surface area (Å²) in [7, 11) is 0. The van der Waals surface area contributed by atoms with Crippen LogP contribution < -0.4 is 5.43 Å². The highest BCUT2D eigenvalue weighted by molar-refractivity contribution is 7.12. The highest BCUT2D eigenvalue weighted by Crippen LogP contribution is 2.23. The fraction of sp³-hybridized carbons (Fsp3) is 0.105. The highest BCUT2D eigenvalue weighted by Gasteiger charge is 2.11. The zero-order valence-electron chi connectivity index (χ0n) is 13.7. The summed E-state index contributed by atoms with van der Waals surface area (Å²) in [5.74, 6) is -0.295. The summed E-state index contributed by atoms with van der Waals surface area (Å²) in [4.78, 5) is 4.43. The van der Waals surface area contributed by atoms with Gasteiger partial charge in [-0.3, -0.25) is 5.43 Å². The molecule has 0 spiro atoms. The van der Waals surface area contributed by atoms with Crippen LogP contribution in [0.15, 0.2) is 52.9 Å². The Morgan fingerprint density at radius 3 is 2.64 bits per heavy atom. The summed E-state index contributed by atoms with van der Waals surface area (Å²) < 4.78 is 13.0. The third-order valence-electron chi connectivity index (χ3n) is 3.62. The predicted octanol–water partition coefficient (Wildman–Crippen LogP) is 4.91. The Hall–Kier alpha value is -3.04. The van der Waals surface area contributed by atoms with Gasteiger partial charge in [0.2, 0.25) is 0 Å². The van der Waals surface area contributed by atoms with Crippen LogP contribution in [0.2, 0.25) is 0 Å². The minimum atomic E-state index is -0.295. The molecule has 0 bridgehead atoms. The number of nitriles is 1. The first-order valence-electron chi connectivity index (χ1n) is 7.59. The van der Waals surface area contributed by atoms with Gasteiger partial charge in [-0.15, -0.1) is 11.3 Å².